The minimum absolute atomic E-state index is 0.00251. The molecule has 0 radical (unpaired) electrons. The van der Waals surface area contributed by atoms with E-state index in [1.165, 1.54) is 0 Å². The van der Waals surface area contributed by atoms with Crippen LogP contribution < -0.4 is 10.6 Å². The number of pyridine rings is 1. The van der Waals surface area contributed by atoms with E-state index >= 15 is 0 Å². The normalized spacial score (nSPS) is 12.1. The van der Waals surface area contributed by atoms with E-state index in [4.69, 9.17) is 0 Å². The Hall–Kier alpha value is -2.51. The maximum atomic E-state index is 9.70. The van der Waals surface area contributed by atoms with Gasteiger partial charge < -0.3 is 15.7 Å². The predicted octanol–water partition coefficient (Wildman–Crippen LogP) is 5.09. The van der Waals surface area contributed by atoms with Crippen molar-refractivity contribution in [2.24, 2.45) is 5.92 Å². The maximum absolute atomic E-state index is 9.70. The summed E-state index contributed by atoms with van der Waals surface area (Å²) >= 11 is 3.54. The molecule has 0 saturated carbocycles. The van der Waals surface area contributed by atoms with Gasteiger partial charge in [0.05, 0.1) is 24.0 Å². The molecule has 152 valence electrons. The van der Waals surface area contributed by atoms with Crippen LogP contribution in [0.25, 0.3) is 11.4 Å². The van der Waals surface area contributed by atoms with Crippen LogP contribution in [0, 0.1) is 19.8 Å². The van der Waals surface area contributed by atoms with Gasteiger partial charge in [-0.25, -0.2) is 4.98 Å². The molecule has 0 aliphatic carbocycles. The van der Waals surface area contributed by atoms with Crippen molar-refractivity contribution >= 4 is 33.4 Å². The van der Waals surface area contributed by atoms with Crippen LogP contribution in [0.4, 0.5) is 17.5 Å². The third-order valence-electron chi connectivity index (χ3n) is 4.72. The first-order valence-electron chi connectivity index (χ1n) is 9.59. The van der Waals surface area contributed by atoms with E-state index in [1.807, 2.05) is 38.1 Å². The van der Waals surface area contributed by atoms with Gasteiger partial charge in [-0.15, -0.1) is 0 Å². The molecule has 7 heteroatoms. The molecular weight excluding hydrogens is 430 g/mol. The zero-order chi connectivity index (χ0) is 21.0. The third-order valence-corrected chi connectivity index (χ3v) is 5.18. The molecule has 0 spiro atoms. The average molecular weight is 456 g/mol. The number of aliphatic hydroxyl groups excluding tert-OH is 1. The van der Waals surface area contributed by atoms with Crippen LogP contribution in [0.5, 0.6) is 0 Å². The number of nitrogens with zero attached hydrogens (tertiary/aromatic N) is 3. The second kappa shape index (κ2) is 9.33. The predicted molar refractivity (Wildman–Crippen MR) is 121 cm³/mol. The molecule has 0 fully saturated rings. The second-order valence-electron chi connectivity index (χ2n) is 7.39. The van der Waals surface area contributed by atoms with E-state index in [0.717, 1.165) is 27.0 Å². The van der Waals surface area contributed by atoms with Crippen molar-refractivity contribution < 1.29 is 5.11 Å². The van der Waals surface area contributed by atoms with Crippen LogP contribution in [0.1, 0.15) is 25.0 Å². The Morgan fingerprint density at radius 2 is 1.76 bits per heavy atom. The number of halogens is 1. The Labute approximate surface area is 180 Å². The minimum Gasteiger partial charge on any atom is -0.394 e. The highest BCUT2D eigenvalue weighted by molar-refractivity contribution is 9.10. The topological polar surface area (TPSA) is 83.0 Å². The van der Waals surface area contributed by atoms with Gasteiger partial charge in [0.25, 0.3) is 0 Å². The summed E-state index contributed by atoms with van der Waals surface area (Å²) in [6, 6.07) is 11.6. The number of aromatic nitrogens is 3. The number of hydrogen-bond donors (Lipinski definition) is 3. The smallest absolute Gasteiger partial charge is 0.225 e. The van der Waals surface area contributed by atoms with Crippen LogP contribution in [-0.4, -0.2) is 32.7 Å². The third kappa shape index (κ3) is 5.31. The Kier molecular flexibility index (Phi) is 6.82. The van der Waals surface area contributed by atoms with E-state index in [1.54, 1.807) is 6.20 Å². The summed E-state index contributed by atoms with van der Waals surface area (Å²) in [7, 11) is 0. The van der Waals surface area contributed by atoms with Gasteiger partial charge in [-0.3, -0.25) is 4.98 Å². The van der Waals surface area contributed by atoms with Gasteiger partial charge in [0.2, 0.25) is 5.95 Å². The van der Waals surface area contributed by atoms with Crippen molar-refractivity contribution in [2.45, 2.75) is 33.7 Å². The Bertz CT molecular complexity index is 955. The van der Waals surface area contributed by atoms with Gasteiger partial charge in [-0.05, 0) is 55.2 Å². The first-order chi connectivity index (χ1) is 13.9. The summed E-state index contributed by atoms with van der Waals surface area (Å²) in [6.07, 6.45) is 1.74. The first kappa shape index (κ1) is 21.2. The van der Waals surface area contributed by atoms with E-state index in [-0.39, 0.29) is 18.6 Å². The van der Waals surface area contributed by atoms with Crippen molar-refractivity contribution in [3.63, 3.8) is 0 Å². The number of benzene rings is 1. The quantitative estimate of drug-likeness (QED) is 0.460. The molecular formula is C22H26BrN5O. The maximum Gasteiger partial charge on any atom is 0.225 e. The van der Waals surface area contributed by atoms with Crippen molar-refractivity contribution in [2.75, 3.05) is 17.2 Å². The van der Waals surface area contributed by atoms with Crippen molar-refractivity contribution in [3.8, 4) is 11.4 Å². The summed E-state index contributed by atoms with van der Waals surface area (Å²) in [4.78, 5) is 13.7. The number of nitrogens with one attached hydrogen (secondary N) is 2. The highest BCUT2D eigenvalue weighted by atomic mass is 79.9. The van der Waals surface area contributed by atoms with Crippen molar-refractivity contribution in [3.05, 3.63) is 58.2 Å². The SMILES string of the molecule is Cc1cc(Br)cc(C)c1Nc1cc(-c2ccccn2)nc(N[C@@H](CO)C(C)C)n1. The summed E-state index contributed by atoms with van der Waals surface area (Å²) < 4.78 is 1.04. The molecule has 29 heavy (non-hydrogen) atoms. The first-order valence-corrected chi connectivity index (χ1v) is 10.4. The molecule has 0 saturated heterocycles. The van der Waals surface area contributed by atoms with Gasteiger partial charge in [-0.1, -0.05) is 35.8 Å². The number of aryl methyl sites for hydroxylation is 2. The Morgan fingerprint density at radius 1 is 1.03 bits per heavy atom. The molecule has 1 aromatic carbocycles. The van der Waals surface area contributed by atoms with Crippen LogP contribution in [0.15, 0.2) is 47.1 Å². The molecule has 0 bridgehead atoms. The summed E-state index contributed by atoms with van der Waals surface area (Å²) in [5.41, 5.74) is 4.70. The Balaban J connectivity index is 2.03. The minimum atomic E-state index is -0.141. The average Bonchev–Trinajstić information content (AvgIpc) is 2.69. The van der Waals surface area contributed by atoms with Crippen molar-refractivity contribution in [1.82, 2.24) is 15.0 Å². The van der Waals surface area contributed by atoms with Gasteiger partial charge in [-0.2, -0.15) is 4.98 Å². The van der Waals surface area contributed by atoms with Gasteiger partial charge >= 0.3 is 0 Å². The van der Waals surface area contributed by atoms with Crippen LogP contribution in [0.2, 0.25) is 0 Å². The standard InChI is InChI=1S/C22H26BrN5O/c1-13(2)19(12-29)26-22-25-18(17-7-5-6-8-24-17)11-20(28-22)27-21-14(3)9-16(23)10-15(21)4/h5-11,13,19,29H,12H2,1-4H3,(H2,25,26,27,28)/t19-/m0/s1. The zero-order valence-corrected chi connectivity index (χ0v) is 18.7. The van der Waals surface area contributed by atoms with Crippen molar-refractivity contribution in [1.29, 1.82) is 0 Å². The fourth-order valence-corrected chi connectivity index (χ4v) is 3.73. The lowest BCUT2D eigenvalue weighted by Crippen LogP contribution is -2.30. The zero-order valence-electron chi connectivity index (χ0n) is 17.1. The summed E-state index contributed by atoms with van der Waals surface area (Å²) in [5.74, 6) is 1.35. The largest absolute Gasteiger partial charge is 0.394 e. The lowest BCUT2D eigenvalue weighted by molar-refractivity contribution is 0.248. The lowest BCUT2D eigenvalue weighted by Gasteiger charge is -2.21. The fraction of sp³-hybridized carbons (Fsp3) is 0.318. The van der Waals surface area contributed by atoms with E-state index in [2.05, 4.69) is 67.5 Å². The van der Waals surface area contributed by atoms with E-state index < -0.39 is 0 Å². The van der Waals surface area contributed by atoms with Crippen LogP contribution >= 0.6 is 15.9 Å². The molecule has 0 amide bonds. The molecule has 0 aliphatic rings. The molecule has 2 heterocycles. The molecule has 3 aromatic rings. The van der Waals surface area contributed by atoms with Gasteiger partial charge in [0.15, 0.2) is 0 Å². The van der Waals surface area contributed by atoms with Gasteiger partial charge in [0, 0.05) is 22.4 Å². The summed E-state index contributed by atoms with van der Waals surface area (Å²) in [5, 5.41) is 16.4. The molecule has 1 atom stereocenters. The molecule has 6 nitrogen and oxygen atoms in total. The highest BCUT2D eigenvalue weighted by Crippen LogP contribution is 2.29. The lowest BCUT2D eigenvalue weighted by atomic mass is 10.1. The molecule has 2 aromatic heterocycles. The molecule has 0 aliphatic heterocycles. The number of aliphatic hydroxyl groups is 1. The summed E-state index contributed by atoms with van der Waals surface area (Å²) in [6.45, 7) is 8.21. The number of anilines is 3. The van der Waals surface area contributed by atoms with Gasteiger partial charge in [0.1, 0.15) is 5.82 Å². The van der Waals surface area contributed by atoms with E-state index in [0.29, 0.717) is 17.5 Å². The molecule has 3 rings (SSSR count). The Morgan fingerprint density at radius 3 is 2.34 bits per heavy atom. The number of rotatable bonds is 7. The number of hydrogen-bond acceptors (Lipinski definition) is 6. The fourth-order valence-electron chi connectivity index (χ4n) is 3.05. The van der Waals surface area contributed by atoms with Crippen LogP contribution in [-0.2, 0) is 0 Å². The van der Waals surface area contributed by atoms with E-state index in [9.17, 15) is 5.11 Å². The second-order valence-corrected chi connectivity index (χ2v) is 8.31. The molecule has 3 N–H and O–H groups in total. The monoisotopic (exact) mass is 455 g/mol. The van der Waals surface area contributed by atoms with Crippen LogP contribution in [0.3, 0.4) is 0 Å². The highest BCUT2D eigenvalue weighted by Gasteiger charge is 2.16. The molecule has 0 unspecified atom stereocenters.